The lowest BCUT2D eigenvalue weighted by molar-refractivity contribution is -0.384. The molecule has 1 heterocycles. The van der Waals surface area contributed by atoms with Gasteiger partial charge in [0.2, 0.25) is 0 Å². The molecular formula is C13H13N3O4S. The number of carbonyl (C=O) groups is 1. The summed E-state index contributed by atoms with van der Waals surface area (Å²) in [5.74, 6) is -1.22. The van der Waals surface area contributed by atoms with Crippen LogP contribution in [-0.2, 0) is 0 Å². The first kappa shape index (κ1) is 14.9. The van der Waals surface area contributed by atoms with Crippen molar-refractivity contribution in [3.63, 3.8) is 0 Å². The van der Waals surface area contributed by atoms with Crippen LogP contribution in [0.3, 0.4) is 0 Å². The summed E-state index contributed by atoms with van der Waals surface area (Å²) in [5, 5.41) is 23.8. The van der Waals surface area contributed by atoms with Gasteiger partial charge in [0, 0.05) is 28.9 Å². The molecule has 0 aliphatic carbocycles. The topological polar surface area (TPSA) is 105 Å². The van der Waals surface area contributed by atoms with E-state index in [2.05, 4.69) is 10.3 Å². The summed E-state index contributed by atoms with van der Waals surface area (Å²) in [4.78, 5) is 26.6. The van der Waals surface area contributed by atoms with Gasteiger partial charge in [-0.05, 0) is 19.9 Å². The number of nitro groups is 1. The summed E-state index contributed by atoms with van der Waals surface area (Å²) in [6, 6.07) is 3.53. The van der Waals surface area contributed by atoms with E-state index in [-0.39, 0.29) is 17.3 Å². The van der Waals surface area contributed by atoms with Gasteiger partial charge in [0.15, 0.2) is 0 Å². The number of aromatic nitrogens is 1. The maximum absolute atomic E-state index is 11.2. The van der Waals surface area contributed by atoms with E-state index < -0.39 is 10.9 Å². The second-order valence-corrected chi connectivity index (χ2v) is 5.73. The number of nitro benzene ring substituents is 1. The molecule has 0 aliphatic heterocycles. The highest BCUT2D eigenvalue weighted by Crippen LogP contribution is 2.27. The standard InChI is InChI=1S/C13H13N3O4S/c1-7-6-14-12(21-7)8(2)15-11-4-3-9(16(19)20)5-10(11)13(17)18/h3-6,8,15H,1-2H3,(H,17,18). The van der Waals surface area contributed by atoms with Gasteiger partial charge in [-0.15, -0.1) is 11.3 Å². The molecule has 8 heteroatoms. The molecule has 7 nitrogen and oxygen atoms in total. The summed E-state index contributed by atoms with van der Waals surface area (Å²) in [5.41, 5.74) is -0.0616. The molecule has 0 saturated heterocycles. The lowest BCUT2D eigenvalue weighted by Crippen LogP contribution is -2.11. The van der Waals surface area contributed by atoms with E-state index >= 15 is 0 Å². The Labute approximate surface area is 124 Å². The minimum atomic E-state index is -1.22. The van der Waals surface area contributed by atoms with Crippen molar-refractivity contribution < 1.29 is 14.8 Å². The number of aromatic carboxylic acids is 1. The van der Waals surface area contributed by atoms with E-state index in [9.17, 15) is 20.0 Å². The first-order chi connectivity index (χ1) is 9.88. The number of hydrogen-bond donors (Lipinski definition) is 2. The molecule has 2 aromatic rings. The van der Waals surface area contributed by atoms with E-state index in [1.165, 1.54) is 23.5 Å². The number of carboxylic acid groups (broad SMARTS) is 1. The van der Waals surface area contributed by atoms with Crippen LogP contribution >= 0.6 is 11.3 Å². The van der Waals surface area contributed by atoms with Crippen molar-refractivity contribution in [1.29, 1.82) is 0 Å². The van der Waals surface area contributed by atoms with Gasteiger partial charge in [0.05, 0.1) is 16.5 Å². The molecule has 2 rings (SSSR count). The molecule has 21 heavy (non-hydrogen) atoms. The fraction of sp³-hybridized carbons (Fsp3) is 0.231. The van der Waals surface area contributed by atoms with Gasteiger partial charge >= 0.3 is 5.97 Å². The summed E-state index contributed by atoms with van der Waals surface area (Å²) < 4.78 is 0. The van der Waals surface area contributed by atoms with Gasteiger partial charge in [0.1, 0.15) is 5.01 Å². The fourth-order valence-electron chi connectivity index (χ4n) is 1.82. The zero-order valence-electron chi connectivity index (χ0n) is 11.4. The number of anilines is 1. The third-order valence-corrected chi connectivity index (χ3v) is 3.92. The summed E-state index contributed by atoms with van der Waals surface area (Å²) in [6.07, 6.45) is 1.74. The molecular weight excluding hydrogens is 294 g/mol. The molecule has 1 aromatic carbocycles. The highest BCUT2D eigenvalue weighted by Gasteiger charge is 2.18. The second kappa shape index (κ2) is 5.88. The van der Waals surface area contributed by atoms with Crippen molar-refractivity contribution in [3.05, 3.63) is 50.0 Å². The maximum Gasteiger partial charge on any atom is 0.338 e. The number of thiazole rings is 1. The number of nitrogens with zero attached hydrogens (tertiary/aromatic N) is 2. The average molecular weight is 307 g/mol. The number of benzene rings is 1. The van der Waals surface area contributed by atoms with E-state index in [0.717, 1.165) is 16.0 Å². The lowest BCUT2D eigenvalue weighted by Gasteiger charge is -2.14. The Balaban J connectivity index is 2.31. The first-order valence-corrected chi connectivity index (χ1v) is 6.90. The van der Waals surface area contributed by atoms with Crippen LogP contribution in [0.25, 0.3) is 0 Å². The van der Waals surface area contributed by atoms with E-state index in [1.807, 2.05) is 13.8 Å². The van der Waals surface area contributed by atoms with Crippen molar-refractivity contribution in [2.75, 3.05) is 5.32 Å². The Morgan fingerprint density at radius 2 is 2.24 bits per heavy atom. The number of hydrogen-bond acceptors (Lipinski definition) is 6. The van der Waals surface area contributed by atoms with Crippen LogP contribution in [0.15, 0.2) is 24.4 Å². The van der Waals surface area contributed by atoms with Crippen molar-refractivity contribution in [2.45, 2.75) is 19.9 Å². The van der Waals surface area contributed by atoms with E-state index in [0.29, 0.717) is 5.69 Å². The van der Waals surface area contributed by atoms with Gasteiger partial charge in [-0.1, -0.05) is 0 Å². The van der Waals surface area contributed by atoms with Crippen LogP contribution < -0.4 is 5.32 Å². The number of carboxylic acids is 1. The van der Waals surface area contributed by atoms with Crippen LogP contribution in [0, 0.1) is 17.0 Å². The van der Waals surface area contributed by atoms with Gasteiger partial charge < -0.3 is 10.4 Å². The van der Waals surface area contributed by atoms with Crippen LogP contribution in [0.4, 0.5) is 11.4 Å². The van der Waals surface area contributed by atoms with E-state index in [4.69, 9.17) is 0 Å². The molecule has 0 aliphatic rings. The van der Waals surface area contributed by atoms with Crippen LogP contribution in [0.5, 0.6) is 0 Å². The van der Waals surface area contributed by atoms with E-state index in [1.54, 1.807) is 6.20 Å². The van der Waals surface area contributed by atoms with Crippen molar-refractivity contribution in [3.8, 4) is 0 Å². The molecule has 110 valence electrons. The third kappa shape index (κ3) is 3.34. The van der Waals surface area contributed by atoms with Crippen molar-refractivity contribution in [2.24, 2.45) is 0 Å². The highest BCUT2D eigenvalue weighted by atomic mass is 32.1. The largest absolute Gasteiger partial charge is 0.478 e. The summed E-state index contributed by atoms with van der Waals surface area (Å²) >= 11 is 1.51. The van der Waals surface area contributed by atoms with Gasteiger partial charge in [-0.2, -0.15) is 0 Å². The van der Waals surface area contributed by atoms with Crippen LogP contribution in [0.2, 0.25) is 0 Å². The smallest absolute Gasteiger partial charge is 0.338 e. The Morgan fingerprint density at radius 3 is 2.76 bits per heavy atom. The normalized spacial score (nSPS) is 11.9. The minimum absolute atomic E-state index is 0.135. The van der Waals surface area contributed by atoms with Gasteiger partial charge in [0.25, 0.3) is 5.69 Å². The number of nitrogens with one attached hydrogen (secondary N) is 1. The first-order valence-electron chi connectivity index (χ1n) is 6.09. The molecule has 1 unspecified atom stereocenters. The molecule has 1 aromatic heterocycles. The van der Waals surface area contributed by atoms with Gasteiger partial charge in [-0.3, -0.25) is 10.1 Å². The van der Waals surface area contributed by atoms with Crippen LogP contribution in [-0.4, -0.2) is 21.0 Å². The Morgan fingerprint density at radius 1 is 1.52 bits per heavy atom. The molecule has 0 spiro atoms. The molecule has 2 N–H and O–H groups in total. The molecule has 0 saturated carbocycles. The Kier molecular flexibility index (Phi) is 4.18. The number of rotatable bonds is 5. The van der Waals surface area contributed by atoms with Crippen molar-refractivity contribution >= 4 is 28.7 Å². The lowest BCUT2D eigenvalue weighted by atomic mass is 10.1. The van der Waals surface area contributed by atoms with Gasteiger partial charge in [-0.25, -0.2) is 9.78 Å². The summed E-state index contributed by atoms with van der Waals surface area (Å²) in [7, 11) is 0. The van der Waals surface area contributed by atoms with Crippen molar-refractivity contribution in [1.82, 2.24) is 4.98 Å². The number of aryl methyl sites for hydroxylation is 1. The zero-order chi connectivity index (χ0) is 15.6. The Bertz CT molecular complexity index is 698. The predicted octanol–water partition coefficient (Wildman–Crippen LogP) is 3.23. The quantitative estimate of drug-likeness (QED) is 0.649. The minimum Gasteiger partial charge on any atom is -0.478 e. The summed E-state index contributed by atoms with van der Waals surface area (Å²) in [6.45, 7) is 3.79. The predicted molar refractivity (Wildman–Crippen MR) is 78.9 cm³/mol. The molecule has 0 bridgehead atoms. The van der Waals surface area contributed by atoms with Crippen LogP contribution in [0.1, 0.15) is 33.2 Å². The average Bonchev–Trinajstić information content (AvgIpc) is 2.85. The molecule has 0 amide bonds. The molecule has 0 radical (unpaired) electrons. The zero-order valence-corrected chi connectivity index (χ0v) is 12.2. The molecule has 1 atom stereocenters. The molecule has 0 fully saturated rings. The monoisotopic (exact) mass is 307 g/mol. The Hall–Kier alpha value is -2.48. The fourth-order valence-corrected chi connectivity index (χ4v) is 2.59. The highest BCUT2D eigenvalue weighted by molar-refractivity contribution is 7.11. The second-order valence-electron chi connectivity index (χ2n) is 4.47. The maximum atomic E-state index is 11.2. The number of non-ortho nitro benzene ring substituents is 1. The SMILES string of the molecule is Cc1cnc(C(C)Nc2ccc([N+](=O)[O-])cc2C(=O)O)s1. The third-order valence-electron chi connectivity index (χ3n) is 2.83.